The molecular formula is C32H37ClF3N7O4. The largest absolute Gasteiger partial charge is 0.435 e. The van der Waals surface area contributed by atoms with E-state index in [4.69, 9.17) is 11.6 Å². The van der Waals surface area contributed by atoms with Crippen LogP contribution in [0.3, 0.4) is 0 Å². The van der Waals surface area contributed by atoms with Crippen LogP contribution >= 0.6 is 11.6 Å². The van der Waals surface area contributed by atoms with Crippen LogP contribution in [-0.4, -0.2) is 84.2 Å². The van der Waals surface area contributed by atoms with Crippen molar-refractivity contribution in [2.45, 2.75) is 69.7 Å². The van der Waals surface area contributed by atoms with Gasteiger partial charge in [0, 0.05) is 51.0 Å². The zero-order valence-electron chi connectivity index (χ0n) is 26.0. The number of alkyl halides is 3. The SMILES string of the molecule is Cn1c(-c2cn(C3CC3)nc2C(F)(F)F)cnc1C(=O)Nc1ccc(C(=O)N2CCN(C(=O)[C@H]3CCCCC[C@H](O)C3)CC2)c(Cl)c1. The highest BCUT2D eigenvalue weighted by Gasteiger charge is 2.40. The second kappa shape index (κ2) is 13.3. The summed E-state index contributed by atoms with van der Waals surface area (Å²) in [5, 5.41) is 16.8. The lowest BCUT2D eigenvalue weighted by molar-refractivity contribution is -0.141. The van der Waals surface area contributed by atoms with Crippen LogP contribution in [0.15, 0.2) is 30.6 Å². The Balaban J connectivity index is 1.08. The fourth-order valence-corrected chi connectivity index (χ4v) is 6.69. The Hall–Kier alpha value is -3.91. The van der Waals surface area contributed by atoms with Gasteiger partial charge in [-0.25, -0.2) is 4.98 Å². The topological polar surface area (TPSA) is 126 Å². The third-order valence-corrected chi connectivity index (χ3v) is 9.53. The number of nitrogens with zero attached hydrogens (tertiary/aromatic N) is 6. The molecule has 6 rings (SSSR count). The Labute approximate surface area is 274 Å². The number of carbonyl (C=O) groups is 3. The molecule has 0 unspecified atom stereocenters. The molecule has 47 heavy (non-hydrogen) atoms. The summed E-state index contributed by atoms with van der Waals surface area (Å²) in [7, 11) is 1.45. The molecule has 11 nitrogen and oxygen atoms in total. The van der Waals surface area contributed by atoms with E-state index in [9.17, 15) is 32.7 Å². The Morgan fingerprint density at radius 3 is 2.38 bits per heavy atom. The maximum absolute atomic E-state index is 13.8. The van der Waals surface area contributed by atoms with Crippen molar-refractivity contribution in [1.82, 2.24) is 29.1 Å². The van der Waals surface area contributed by atoms with Gasteiger partial charge < -0.3 is 24.8 Å². The first-order valence-electron chi connectivity index (χ1n) is 16.0. The van der Waals surface area contributed by atoms with Gasteiger partial charge in [0.25, 0.3) is 11.8 Å². The molecule has 3 aromatic rings. The fourth-order valence-electron chi connectivity index (χ4n) is 6.43. The standard InChI is InChI=1S/C32H37ClF3N7O4/c1-40-26(24-18-43(21-8-9-21)39-27(24)32(34,35)36)17-37-28(40)29(45)38-20-7-10-23(25(33)16-20)31(47)42-13-11-41(12-14-42)30(46)19-5-3-2-4-6-22(44)15-19/h7,10,16-19,21-22,44H,2-6,8-9,11-15H2,1H3,(H,38,45)/t19-,22-/m0/s1. The second-order valence-electron chi connectivity index (χ2n) is 12.6. The van der Waals surface area contributed by atoms with Gasteiger partial charge >= 0.3 is 6.18 Å². The number of nitrogens with one attached hydrogen (secondary N) is 1. The predicted octanol–water partition coefficient (Wildman–Crippen LogP) is 5.16. The molecule has 3 fully saturated rings. The lowest BCUT2D eigenvalue weighted by Gasteiger charge is -2.37. The van der Waals surface area contributed by atoms with Crippen molar-refractivity contribution < 1.29 is 32.7 Å². The summed E-state index contributed by atoms with van der Waals surface area (Å²) < 4.78 is 43.9. The summed E-state index contributed by atoms with van der Waals surface area (Å²) in [6, 6.07) is 4.38. The molecule has 3 aliphatic rings. The molecule has 252 valence electrons. The lowest BCUT2D eigenvalue weighted by atomic mass is 9.88. The van der Waals surface area contributed by atoms with Crippen LogP contribution in [0.2, 0.25) is 5.02 Å². The van der Waals surface area contributed by atoms with Crippen LogP contribution in [0.1, 0.15) is 84.1 Å². The number of hydrogen-bond acceptors (Lipinski definition) is 6. The third kappa shape index (κ3) is 7.18. The first-order chi connectivity index (χ1) is 22.4. The second-order valence-corrected chi connectivity index (χ2v) is 13.0. The minimum atomic E-state index is -4.68. The van der Waals surface area contributed by atoms with Gasteiger partial charge in [0.1, 0.15) is 0 Å². The molecule has 1 aromatic carbocycles. The summed E-state index contributed by atoms with van der Waals surface area (Å²) in [5.41, 5.74) is -0.588. The quantitative estimate of drug-likeness (QED) is 0.372. The first kappa shape index (κ1) is 33.0. The van der Waals surface area contributed by atoms with Gasteiger partial charge in [0.2, 0.25) is 5.91 Å². The maximum atomic E-state index is 13.8. The van der Waals surface area contributed by atoms with Crippen LogP contribution in [0.5, 0.6) is 0 Å². The molecular weight excluding hydrogens is 639 g/mol. The van der Waals surface area contributed by atoms with Crippen molar-refractivity contribution in [2.24, 2.45) is 13.0 Å². The first-order valence-corrected chi connectivity index (χ1v) is 16.3. The molecule has 2 N–H and O–H groups in total. The van der Waals surface area contributed by atoms with E-state index in [1.54, 1.807) is 9.80 Å². The predicted molar refractivity (Wildman–Crippen MR) is 167 cm³/mol. The zero-order valence-corrected chi connectivity index (χ0v) is 26.7. The lowest BCUT2D eigenvalue weighted by Crippen LogP contribution is -2.52. The molecule has 3 amide bonds. The molecule has 2 saturated carbocycles. The molecule has 1 aliphatic heterocycles. The summed E-state index contributed by atoms with van der Waals surface area (Å²) >= 11 is 6.48. The van der Waals surface area contributed by atoms with E-state index >= 15 is 0 Å². The molecule has 2 atom stereocenters. The van der Waals surface area contributed by atoms with E-state index < -0.39 is 23.9 Å². The number of imidazole rings is 1. The number of rotatable bonds is 6. The highest BCUT2D eigenvalue weighted by atomic mass is 35.5. The molecule has 1 saturated heterocycles. The normalized spacial score (nSPS) is 20.9. The smallest absolute Gasteiger partial charge is 0.393 e. The number of aromatic nitrogens is 4. The van der Waals surface area contributed by atoms with Crippen molar-refractivity contribution in [3.8, 4) is 11.3 Å². The van der Waals surface area contributed by atoms with Crippen LogP contribution in [-0.2, 0) is 18.0 Å². The molecule has 2 aliphatic carbocycles. The molecule has 0 radical (unpaired) electrons. The van der Waals surface area contributed by atoms with Gasteiger partial charge in [-0.2, -0.15) is 18.3 Å². The third-order valence-electron chi connectivity index (χ3n) is 9.22. The Bertz CT molecular complexity index is 1660. The number of piperazine rings is 1. The van der Waals surface area contributed by atoms with Crippen molar-refractivity contribution in [3.05, 3.63) is 52.7 Å². The van der Waals surface area contributed by atoms with Gasteiger partial charge in [0.05, 0.1) is 40.2 Å². The fraction of sp³-hybridized carbons (Fsp3) is 0.531. The summed E-state index contributed by atoms with van der Waals surface area (Å²) in [6.45, 7) is 1.46. The summed E-state index contributed by atoms with van der Waals surface area (Å²) in [5.74, 6) is -1.27. The van der Waals surface area contributed by atoms with Crippen LogP contribution in [0.25, 0.3) is 11.3 Å². The number of halogens is 4. The van der Waals surface area contributed by atoms with Crippen LogP contribution < -0.4 is 5.32 Å². The van der Waals surface area contributed by atoms with Crippen molar-refractivity contribution in [2.75, 3.05) is 31.5 Å². The van der Waals surface area contributed by atoms with E-state index in [0.717, 1.165) is 44.9 Å². The minimum Gasteiger partial charge on any atom is -0.393 e. The van der Waals surface area contributed by atoms with Crippen LogP contribution in [0.4, 0.5) is 18.9 Å². The molecule has 0 bridgehead atoms. The molecule has 3 heterocycles. The zero-order chi connectivity index (χ0) is 33.5. The number of amides is 3. The van der Waals surface area contributed by atoms with Gasteiger partial charge in [-0.3, -0.25) is 19.1 Å². The summed E-state index contributed by atoms with van der Waals surface area (Å²) in [4.78, 5) is 47.1. The van der Waals surface area contributed by atoms with E-state index in [1.807, 2.05) is 0 Å². The average Bonchev–Trinajstić information content (AvgIpc) is 3.65. The molecule has 2 aromatic heterocycles. The van der Waals surface area contributed by atoms with E-state index in [2.05, 4.69) is 15.4 Å². The number of hydrogen-bond donors (Lipinski definition) is 2. The number of benzene rings is 1. The molecule has 15 heteroatoms. The van der Waals surface area contributed by atoms with Gasteiger partial charge in [-0.05, 0) is 50.3 Å². The van der Waals surface area contributed by atoms with Crippen molar-refractivity contribution >= 4 is 35.0 Å². The average molecular weight is 676 g/mol. The number of aliphatic hydroxyl groups excluding tert-OH is 1. The van der Waals surface area contributed by atoms with E-state index in [1.165, 1.54) is 46.9 Å². The van der Waals surface area contributed by atoms with Gasteiger partial charge in [0.15, 0.2) is 11.5 Å². The minimum absolute atomic E-state index is 0.0325. The molecule has 0 spiro atoms. The van der Waals surface area contributed by atoms with Crippen molar-refractivity contribution in [3.63, 3.8) is 0 Å². The Morgan fingerprint density at radius 2 is 1.70 bits per heavy atom. The highest BCUT2D eigenvalue weighted by Crippen LogP contribution is 2.41. The number of anilines is 1. The Kier molecular flexibility index (Phi) is 9.34. The van der Waals surface area contributed by atoms with Crippen molar-refractivity contribution in [1.29, 1.82) is 0 Å². The maximum Gasteiger partial charge on any atom is 0.435 e. The number of carbonyl (C=O) groups excluding carboxylic acids is 3. The van der Waals surface area contributed by atoms with Gasteiger partial charge in [-0.1, -0.05) is 30.9 Å². The highest BCUT2D eigenvalue weighted by molar-refractivity contribution is 6.34. The summed E-state index contributed by atoms with van der Waals surface area (Å²) in [6.07, 6.45) is 3.85. The van der Waals surface area contributed by atoms with E-state index in [-0.39, 0.29) is 57.1 Å². The van der Waals surface area contributed by atoms with Crippen LogP contribution in [0, 0.1) is 5.92 Å². The van der Waals surface area contributed by atoms with E-state index in [0.29, 0.717) is 32.6 Å². The Morgan fingerprint density at radius 1 is 1.00 bits per heavy atom. The van der Waals surface area contributed by atoms with Gasteiger partial charge in [-0.15, -0.1) is 0 Å². The monoisotopic (exact) mass is 675 g/mol. The number of aliphatic hydroxyl groups is 1.